The molecule has 0 unspecified atom stereocenters. The third-order valence-corrected chi connectivity index (χ3v) is 4.01. The minimum atomic E-state index is -0.0927. The van der Waals surface area contributed by atoms with E-state index in [9.17, 15) is 4.79 Å². The molecule has 1 aliphatic rings. The second-order valence-corrected chi connectivity index (χ2v) is 5.70. The Kier molecular flexibility index (Phi) is 5.79. The molecule has 1 N–H and O–H groups in total. The highest BCUT2D eigenvalue weighted by Gasteiger charge is 2.13. The number of morpholine rings is 1. The second kappa shape index (κ2) is 8.43. The van der Waals surface area contributed by atoms with E-state index in [1.54, 1.807) is 13.3 Å². The number of methoxy groups -OCH3 is 1. The molecule has 7 heteroatoms. The van der Waals surface area contributed by atoms with E-state index in [2.05, 4.69) is 20.2 Å². The van der Waals surface area contributed by atoms with Crippen LogP contribution >= 0.6 is 0 Å². The number of carbonyl (C=O) groups is 1. The molecule has 25 heavy (non-hydrogen) atoms. The van der Waals surface area contributed by atoms with Crippen molar-refractivity contribution in [2.75, 3.05) is 38.3 Å². The lowest BCUT2D eigenvalue weighted by Gasteiger charge is -2.27. The van der Waals surface area contributed by atoms with E-state index < -0.39 is 0 Å². The molecule has 1 fully saturated rings. The Balaban J connectivity index is 1.57. The summed E-state index contributed by atoms with van der Waals surface area (Å²) in [5, 5.41) is 2.87. The predicted octanol–water partition coefficient (Wildman–Crippen LogP) is 1.18. The van der Waals surface area contributed by atoms with E-state index in [-0.39, 0.29) is 12.3 Å². The van der Waals surface area contributed by atoms with Gasteiger partial charge in [0.2, 0.25) is 5.91 Å². The molecule has 0 radical (unpaired) electrons. The van der Waals surface area contributed by atoms with Gasteiger partial charge in [-0.3, -0.25) is 4.79 Å². The van der Waals surface area contributed by atoms with Crippen molar-refractivity contribution in [2.45, 2.75) is 13.0 Å². The number of benzene rings is 1. The molecule has 0 saturated carbocycles. The molecule has 0 spiro atoms. The van der Waals surface area contributed by atoms with Gasteiger partial charge in [-0.2, -0.15) is 0 Å². The summed E-state index contributed by atoms with van der Waals surface area (Å²) in [6, 6.07) is 9.38. The summed E-state index contributed by atoms with van der Waals surface area (Å²) in [7, 11) is 1.60. The monoisotopic (exact) mass is 342 g/mol. The Labute approximate surface area is 147 Å². The van der Waals surface area contributed by atoms with Gasteiger partial charge in [0, 0.05) is 24.8 Å². The maximum absolute atomic E-state index is 12.2. The number of para-hydroxylation sites is 1. The average molecular weight is 342 g/mol. The highest BCUT2D eigenvalue weighted by molar-refractivity contribution is 5.79. The molecule has 7 nitrogen and oxygen atoms in total. The number of rotatable bonds is 6. The summed E-state index contributed by atoms with van der Waals surface area (Å²) in [4.78, 5) is 23.1. The van der Waals surface area contributed by atoms with Crippen LogP contribution in [0.4, 0.5) is 5.82 Å². The van der Waals surface area contributed by atoms with Crippen molar-refractivity contribution >= 4 is 11.7 Å². The van der Waals surface area contributed by atoms with E-state index >= 15 is 0 Å². The normalized spacial score (nSPS) is 14.2. The van der Waals surface area contributed by atoms with Crippen LogP contribution in [-0.2, 0) is 22.5 Å². The Hall–Kier alpha value is -2.67. The number of carbonyl (C=O) groups excluding carboxylic acids is 1. The SMILES string of the molecule is COc1ccccc1CC(=O)NCc1nccc(N2CCOCC2)n1. The number of nitrogens with zero attached hydrogens (tertiary/aromatic N) is 3. The van der Waals surface area contributed by atoms with Gasteiger partial charge < -0.3 is 19.7 Å². The zero-order valence-electron chi connectivity index (χ0n) is 14.3. The summed E-state index contributed by atoms with van der Waals surface area (Å²) in [5.41, 5.74) is 0.852. The van der Waals surface area contributed by atoms with E-state index in [1.165, 1.54) is 0 Å². The highest BCUT2D eigenvalue weighted by Crippen LogP contribution is 2.17. The lowest BCUT2D eigenvalue weighted by atomic mass is 10.1. The summed E-state index contributed by atoms with van der Waals surface area (Å²) in [5.74, 6) is 2.08. The molecule has 1 saturated heterocycles. The van der Waals surface area contributed by atoms with E-state index in [0.29, 0.717) is 31.3 Å². The highest BCUT2D eigenvalue weighted by atomic mass is 16.5. The molecule has 0 bridgehead atoms. The van der Waals surface area contributed by atoms with Gasteiger partial charge in [0.25, 0.3) is 0 Å². The van der Waals surface area contributed by atoms with Crippen LogP contribution in [0.5, 0.6) is 5.75 Å². The molecule has 0 atom stereocenters. The van der Waals surface area contributed by atoms with Crippen LogP contribution in [0, 0.1) is 0 Å². The van der Waals surface area contributed by atoms with Crippen LogP contribution in [-0.4, -0.2) is 49.3 Å². The maximum Gasteiger partial charge on any atom is 0.224 e. The Morgan fingerprint density at radius 1 is 1.28 bits per heavy atom. The second-order valence-electron chi connectivity index (χ2n) is 5.70. The van der Waals surface area contributed by atoms with Gasteiger partial charge in [0.15, 0.2) is 0 Å². The van der Waals surface area contributed by atoms with Gasteiger partial charge in [-0.05, 0) is 12.1 Å². The van der Waals surface area contributed by atoms with Gasteiger partial charge in [-0.1, -0.05) is 18.2 Å². The van der Waals surface area contributed by atoms with Crippen LogP contribution in [0.3, 0.4) is 0 Å². The molecule has 132 valence electrons. The number of nitrogens with one attached hydrogen (secondary N) is 1. The fourth-order valence-electron chi connectivity index (χ4n) is 2.70. The average Bonchev–Trinajstić information content (AvgIpc) is 2.68. The molecule has 2 aromatic rings. The summed E-state index contributed by atoms with van der Waals surface area (Å²) >= 11 is 0. The first-order valence-electron chi connectivity index (χ1n) is 8.29. The van der Waals surface area contributed by atoms with Crippen molar-refractivity contribution in [3.8, 4) is 5.75 Å². The minimum absolute atomic E-state index is 0.0927. The standard InChI is InChI=1S/C18H22N4O3/c1-24-15-5-3-2-4-14(15)12-18(23)20-13-16-19-7-6-17(21-16)22-8-10-25-11-9-22/h2-7H,8-13H2,1H3,(H,20,23). The van der Waals surface area contributed by atoms with Crippen molar-refractivity contribution in [3.05, 3.63) is 47.9 Å². The first-order chi connectivity index (χ1) is 12.3. The molecule has 1 aliphatic heterocycles. The summed E-state index contributed by atoms with van der Waals surface area (Å²) in [6.07, 6.45) is 1.98. The quantitative estimate of drug-likeness (QED) is 0.850. The lowest BCUT2D eigenvalue weighted by Crippen LogP contribution is -2.37. The molecule has 3 rings (SSSR count). The van der Waals surface area contributed by atoms with Gasteiger partial charge in [-0.15, -0.1) is 0 Å². The van der Waals surface area contributed by atoms with Crippen molar-refractivity contribution in [1.29, 1.82) is 0 Å². The Morgan fingerprint density at radius 3 is 2.88 bits per heavy atom. The third kappa shape index (κ3) is 4.67. The number of hydrogen-bond donors (Lipinski definition) is 1. The van der Waals surface area contributed by atoms with Crippen LogP contribution in [0.2, 0.25) is 0 Å². The number of anilines is 1. The molecule has 1 amide bonds. The topological polar surface area (TPSA) is 76.6 Å². The zero-order valence-corrected chi connectivity index (χ0v) is 14.3. The first kappa shape index (κ1) is 17.2. The Bertz CT molecular complexity index is 717. The van der Waals surface area contributed by atoms with E-state index in [1.807, 2.05) is 30.3 Å². The summed E-state index contributed by atoms with van der Waals surface area (Å²) < 4.78 is 10.6. The van der Waals surface area contributed by atoms with Crippen molar-refractivity contribution in [1.82, 2.24) is 15.3 Å². The van der Waals surface area contributed by atoms with Crippen LogP contribution in [0.15, 0.2) is 36.5 Å². The largest absolute Gasteiger partial charge is 0.496 e. The predicted molar refractivity (Wildman–Crippen MR) is 93.6 cm³/mol. The van der Waals surface area contributed by atoms with Crippen LogP contribution < -0.4 is 15.0 Å². The van der Waals surface area contributed by atoms with Crippen molar-refractivity contribution in [3.63, 3.8) is 0 Å². The van der Waals surface area contributed by atoms with Crippen molar-refractivity contribution < 1.29 is 14.3 Å². The number of aromatic nitrogens is 2. The molecule has 1 aromatic heterocycles. The minimum Gasteiger partial charge on any atom is -0.496 e. The van der Waals surface area contributed by atoms with Crippen LogP contribution in [0.25, 0.3) is 0 Å². The van der Waals surface area contributed by atoms with Gasteiger partial charge in [-0.25, -0.2) is 9.97 Å². The summed E-state index contributed by atoms with van der Waals surface area (Å²) in [6.45, 7) is 3.34. The van der Waals surface area contributed by atoms with Gasteiger partial charge >= 0.3 is 0 Å². The molecular weight excluding hydrogens is 320 g/mol. The first-order valence-corrected chi connectivity index (χ1v) is 8.29. The third-order valence-electron chi connectivity index (χ3n) is 4.01. The van der Waals surface area contributed by atoms with E-state index in [4.69, 9.17) is 9.47 Å². The van der Waals surface area contributed by atoms with Gasteiger partial charge in [0.05, 0.1) is 33.3 Å². The fourth-order valence-corrected chi connectivity index (χ4v) is 2.70. The van der Waals surface area contributed by atoms with Crippen LogP contribution in [0.1, 0.15) is 11.4 Å². The smallest absolute Gasteiger partial charge is 0.224 e. The Morgan fingerprint density at radius 2 is 2.08 bits per heavy atom. The molecule has 2 heterocycles. The number of amides is 1. The van der Waals surface area contributed by atoms with Crippen molar-refractivity contribution in [2.24, 2.45) is 0 Å². The molecule has 1 aromatic carbocycles. The number of hydrogen-bond acceptors (Lipinski definition) is 6. The fraction of sp³-hybridized carbons (Fsp3) is 0.389. The lowest BCUT2D eigenvalue weighted by molar-refractivity contribution is -0.120. The number of ether oxygens (including phenoxy) is 2. The maximum atomic E-state index is 12.2. The molecular formula is C18H22N4O3. The molecule has 0 aliphatic carbocycles. The zero-order chi connectivity index (χ0) is 17.5. The van der Waals surface area contributed by atoms with Gasteiger partial charge in [0.1, 0.15) is 17.4 Å². The van der Waals surface area contributed by atoms with E-state index in [0.717, 1.165) is 24.5 Å².